The molecule has 11 heteroatoms. The van der Waals surface area contributed by atoms with Crippen LogP contribution in [0.4, 0.5) is 17.1 Å². The van der Waals surface area contributed by atoms with Gasteiger partial charge in [0, 0.05) is 36.5 Å². The summed E-state index contributed by atoms with van der Waals surface area (Å²) in [5.74, 6) is -0.301. The highest BCUT2D eigenvalue weighted by Gasteiger charge is 2.28. The van der Waals surface area contributed by atoms with E-state index in [0.29, 0.717) is 23.6 Å². The Bertz CT molecular complexity index is 972. The van der Waals surface area contributed by atoms with Gasteiger partial charge in [0.15, 0.2) is 0 Å². The summed E-state index contributed by atoms with van der Waals surface area (Å²) in [4.78, 5) is 32.5. The van der Waals surface area contributed by atoms with Crippen molar-refractivity contribution in [1.82, 2.24) is 5.43 Å². The largest absolute Gasteiger partial charge is 0.492 e. The Morgan fingerprint density at radius 1 is 1.03 bits per heavy atom. The Morgan fingerprint density at radius 3 is 2.45 bits per heavy atom. The van der Waals surface area contributed by atoms with E-state index in [1.54, 1.807) is 18.2 Å². The molecule has 0 unspecified atom stereocenters. The summed E-state index contributed by atoms with van der Waals surface area (Å²) < 4.78 is 10.6. The molecule has 0 aromatic heterocycles. The number of esters is 1. The monoisotopic (exact) mass is 400 g/mol. The van der Waals surface area contributed by atoms with E-state index in [-0.39, 0.29) is 30.2 Å². The summed E-state index contributed by atoms with van der Waals surface area (Å²) in [5, 5.41) is 21.6. The van der Waals surface area contributed by atoms with Crippen LogP contribution in [0.2, 0.25) is 0 Å². The molecule has 11 nitrogen and oxygen atoms in total. The van der Waals surface area contributed by atoms with Crippen LogP contribution in [0.25, 0.3) is 5.57 Å². The minimum Gasteiger partial charge on any atom is -0.492 e. The van der Waals surface area contributed by atoms with Gasteiger partial charge in [-0.25, -0.2) is 10.2 Å². The van der Waals surface area contributed by atoms with Crippen LogP contribution in [0.5, 0.6) is 0 Å². The SMILES string of the molecule is O=C1OCC(OCCNNc2ccc([N+](=O)[O-])cc2)=C1c1cccc([N+](=O)[O-])c1. The molecule has 0 saturated heterocycles. The number of hydrogen-bond acceptors (Lipinski definition) is 9. The first-order valence-electron chi connectivity index (χ1n) is 8.47. The number of non-ortho nitro benzene ring substituents is 2. The Hall–Kier alpha value is -3.99. The van der Waals surface area contributed by atoms with E-state index >= 15 is 0 Å². The lowest BCUT2D eigenvalue weighted by atomic mass is 10.1. The average Bonchev–Trinajstić information content (AvgIpc) is 3.08. The number of benzene rings is 2. The van der Waals surface area contributed by atoms with Gasteiger partial charge in [-0.2, -0.15) is 0 Å². The maximum Gasteiger partial charge on any atom is 0.342 e. The van der Waals surface area contributed by atoms with Gasteiger partial charge in [-0.1, -0.05) is 12.1 Å². The molecule has 0 amide bonds. The third-order valence-electron chi connectivity index (χ3n) is 3.98. The van der Waals surface area contributed by atoms with Crippen molar-refractivity contribution in [3.05, 3.63) is 80.1 Å². The van der Waals surface area contributed by atoms with E-state index in [1.165, 1.54) is 30.3 Å². The van der Waals surface area contributed by atoms with E-state index in [1.807, 2.05) is 0 Å². The number of ether oxygens (including phenoxy) is 2. The fraction of sp³-hybridized carbons (Fsp3) is 0.167. The van der Waals surface area contributed by atoms with Gasteiger partial charge in [-0.15, -0.1) is 0 Å². The van der Waals surface area contributed by atoms with Crippen LogP contribution >= 0.6 is 0 Å². The average molecular weight is 400 g/mol. The minimum atomic E-state index is -0.600. The van der Waals surface area contributed by atoms with Crippen LogP contribution in [0.15, 0.2) is 54.3 Å². The van der Waals surface area contributed by atoms with Crippen molar-refractivity contribution in [3.8, 4) is 0 Å². The van der Waals surface area contributed by atoms with E-state index in [9.17, 15) is 25.0 Å². The first-order valence-corrected chi connectivity index (χ1v) is 8.47. The van der Waals surface area contributed by atoms with Gasteiger partial charge in [0.05, 0.1) is 9.85 Å². The van der Waals surface area contributed by atoms with Gasteiger partial charge in [0.2, 0.25) is 0 Å². The summed E-state index contributed by atoms with van der Waals surface area (Å²) in [6, 6.07) is 11.5. The number of carbonyl (C=O) groups excluding carboxylic acids is 1. The van der Waals surface area contributed by atoms with Crippen LogP contribution in [0.3, 0.4) is 0 Å². The van der Waals surface area contributed by atoms with Gasteiger partial charge < -0.3 is 14.9 Å². The molecule has 0 spiro atoms. The number of nitrogens with one attached hydrogen (secondary N) is 2. The van der Waals surface area contributed by atoms with E-state index < -0.39 is 15.8 Å². The molecule has 2 N–H and O–H groups in total. The molecule has 0 aliphatic carbocycles. The number of nitro groups is 2. The quantitative estimate of drug-likeness (QED) is 0.280. The highest BCUT2D eigenvalue weighted by atomic mass is 16.6. The molecule has 2 aromatic rings. The van der Waals surface area contributed by atoms with E-state index in [0.717, 1.165) is 0 Å². The van der Waals surface area contributed by atoms with Crippen molar-refractivity contribution in [2.45, 2.75) is 0 Å². The molecule has 1 aliphatic heterocycles. The van der Waals surface area contributed by atoms with Gasteiger partial charge in [-0.3, -0.25) is 20.2 Å². The fourth-order valence-corrected chi connectivity index (χ4v) is 2.61. The van der Waals surface area contributed by atoms with Crippen LogP contribution in [0, 0.1) is 20.2 Å². The van der Waals surface area contributed by atoms with Crippen LogP contribution in [0.1, 0.15) is 5.56 Å². The van der Waals surface area contributed by atoms with Gasteiger partial charge >= 0.3 is 5.97 Å². The normalized spacial score (nSPS) is 13.2. The summed E-state index contributed by atoms with van der Waals surface area (Å²) in [6.45, 7) is 0.480. The van der Waals surface area contributed by atoms with Gasteiger partial charge in [-0.05, 0) is 17.7 Å². The molecule has 29 heavy (non-hydrogen) atoms. The van der Waals surface area contributed by atoms with E-state index in [4.69, 9.17) is 9.47 Å². The zero-order chi connectivity index (χ0) is 20.8. The molecule has 2 aromatic carbocycles. The smallest absolute Gasteiger partial charge is 0.342 e. The second kappa shape index (κ2) is 8.80. The first-order chi connectivity index (χ1) is 14.0. The Balaban J connectivity index is 1.56. The minimum absolute atomic E-state index is 0.00889. The van der Waals surface area contributed by atoms with Crippen LogP contribution in [-0.2, 0) is 14.3 Å². The summed E-state index contributed by atoms with van der Waals surface area (Å²) in [5.41, 5.74) is 6.75. The van der Waals surface area contributed by atoms with Crippen LogP contribution in [-0.4, -0.2) is 35.6 Å². The molecular formula is C18H16N4O7. The molecule has 1 heterocycles. The number of nitro benzene ring substituents is 2. The molecule has 1 aliphatic rings. The second-order valence-electron chi connectivity index (χ2n) is 5.89. The molecule has 0 saturated carbocycles. The lowest BCUT2D eigenvalue weighted by Gasteiger charge is -2.10. The molecule has 0 bridgehead atoms. The lowest BCUT2D eigenvalue weighted by molar-refractivity contribution is -0.385. The predicted octanol–water partition coefficient (Wildman–Crippen LogP) is 2.40. The molecule has 3 rings (SSSR count). The number of rotatable bonds is 9. The number of hydrogen-bond donors (Lipinski definition) is 2. The second-order valence-corrected chi connectivity index (χ2v) is 5.89. The molecule has 150 valence electrons. The lowest BCUT2D eigenvalue weighted by Crippen LogP contribution is -2.26. The summed E-state index contributed by atoms with van der Waals surface area (Å²) >= 11 is 0. The van der Waals surface area contributed by atoms with Crippen molar-refractivity contribution in [3.63, 3.8) is 0 Å². The number of hydrazine groups is 1. The third kappa shape index (κ3) is 4.84. The Kier molecular flexibility index (Phi) is 6.00. The standard InChI is InChI=1S/C18H16N4O7/c23-18-17(12-2-1-3-15(10-12)22(26)27)16(11-29-18)28-9-8-19-20-13-4-6-14(7-5-13)21(24)25/h1-7,10,19-20H,8-9,11H2. The Labute approximate surface area is 164 Å². The maximum atomic E-state index is 12.0. The number of nitrogens with zero attached hydrogens (tertiary/aromatic N) is 2. The van der Waals surface area contributed by atoms with Crippen molar-refractivity contribution in [1.29, 1.82) is 0 Å². The highest BCUT2D eigenvalue weighted by molar-refractivity contribution is 6.19. The third-order valence-corrected chi connectivity index (χ3v) is 3.98. The summed E-state index contributed by atoms with van der Waals surface area (Å²) in [7, 11) is 0. The molecule has 0 radical (unpaired) electrons. The number of carbonyl (C=O) groups is 1. The molecular weight excluding hydrogens is 384 g/mol. The number of anilines is 1. The first kappa shape index (κ1) is 19.8. The highest BCUT2D eigenvalue weighted by Crippen LogP contribution is 2.29. The molecule has 0 atom stereocenters. The topological polar surface area (TPSA) is 146 Å². The predicted molar refractivity (Wildman–Crippen MR) is 102 cm³/mol. The molecule has 0 fully saturated rings. The van der Waals surface area contributed by atoms with Crippen molar-refractivity contribution in [2.75, 3.05) is 25.2 Å². The van der Waals surface area contributed by atoms with Gasteiger partial charge in [0.25, 0.3) is 11.4 Å². The zero-order valence-electron chi connectivity index (χ0n) is 15.0. The van der Waals surface area contributed by atoms with E-state index in [2.05, 4.69) is 10.9 Å². The fourth-order valence-electron chi connectivity index (χ4n) is 2.61. The Morgan fingerprint density at radius 2 is 1.76 bits per heavy atom. The van der Waals surface area contributed by atoms with Crippen molar-refractivity contribution < 1.29 is 24.1 Å². The maximum absolute atomic E-state index is 12.0. The van der Waals surface area contributed by atoms with Crippen molar-refractivity contribution in [2.24, 2.45) is 0 Å². The summed E-state index contributed by atoms with van der Waals surface area (Å²) in [6.07, 6.45) is 0. The zero-order valence-corrected chi connectivity index (χ0v) is 15.0. The van der Waals surface area contributed by atoms with Crippen LogP contribution < -0.4 is 10.9 Å². The van der Waals surface area contributed by atoms with Crippen molar-refractivity contribution >= 4 is 28.6 Å². The van der Waals surface area contributed by atoms with Gasteiger partial charge in [0.1, 0.15) is 24.5 Å². The number of cyclic esters (lactones) is 1.